The molecule has 152 valence electrons. The van der Waals surface area contributed by atoms with Crippen LogP contribution in [-0.2, 0) is 11.2 Å². The number of anilines is 1. The van der Waals surface area contributed by atoms with Crippen molar-refractivity contribution in [2.45, 2.75) is 12.8 Å². The third-order valence-corrected chi connectivity index (χ3v) is 4.35. The lowest BCUT2D eigenvalue weighted by Gasteiger charge is -2.08. The molecule has 0 fully saturated rings. The number of carbonyl (C=O) groups excluding carboxylic acids is 1. The van der Waals surface area contributed by atoms with Crippen molar-refractivity contribution in [2.75, 3.05) is 11.9 Å². The number of hydrogen-bond donors (Lipinski definition) is 1. The molecule has 0 saturated heterocycles. The van der Waals surface area contributed by atoms with Crippen molar-refractivity contribution in [3.8, 4) is 5.75 Å². The molecule has 0 unspecified atom stereocenters. The maximum Gasteiger partial charge on any atom is 0.270 e. The minimum atomic E-state index is -0.470. The van der Waals surface area contributed by atoms with E-state index in [-0.39, 0.29) is 11.6 Å². The Kier molecular flexibility index (Phi) is 7.33. The zero-order chi connectivity index (χ0) is 21.2. The first kappa shape index (κ1) is 20.8. The molecular formula is C24H22N2O4. The Morgan fingerprint density at radius 3 is 2.50 bits per heavy atom. The third-order valence-electron chi connectivity index (χ3n) is 4.35. The highest BCUT2D eigenvalue weighted by Gasteiger charge is 2.04. The van der Waals surface area contributed by atoms with Crippen molar-refractivity contribution in [3.63, 3.8) is 0 Å². The van der Waals surface area contributed by atoms with Crippen LogP contribution < -0.4 is 10.1 Å². The summed E-state index contributed by atoms with van der Waals surface area (Å²) < 4.78 is 5.74. The van der Waals surface area contributed by atoms with Gasteiger partial charge in [0.1, 0.15) is 5.75 Å². The van der Waals surface area contributed by atoms with E-state index in [1.165, 1.54) is 29.8 Å². The van der Waals surface area contributed by atoms with Gasteiger partial charge in [-0.25, -0.2) is 0 Å². The van der Waals surface area contributed by atoms with Crippen LogP contribution in [-0.4, -0.2) is 17.4 Å². The van der Waals surface area contributed by atoms with Crippen molar-refractivity contribution in [1.82, 2.24) is 0 Å². The quantitative estimate of drug-likeness (QED) is 0.229. The third kappa shape index (κ3) is 6.60. The number of benzene rings is 3. The topological polar surface area (TPSA) is 81.5 Å². The maximum absolute atomic E-state index is 12.1. The molecule has 30 heavy (non-hydrogen) atoms. The predicted octanol–water partition coefficient (Wildman–Crippen LogP) is 5.26. The van der Waals surface area contributed by atoms with Crippen LogP contribution in [0.5, 0.6) is 5.75 Å². The second-order valence-electron chi connectivity index (χ2n) is 6.64. The van der Waals surface area contributed by atoms with Gasteiger partial charge >= 0.3 is 0 Å². The Labute approximate surface area is 175 Å². The van der Waals surface area contributed by atoms with Crippen molar-refractivity contribution < 1.29 is 14.5 Å². The minimum absolute atomic E-state index is 0.0167. The highest BCUT2D eigenvalue weighted by Crippen LogP contribution is 2.17. The van der Waals surface area contributed by atoms with E-state index < -0.39 is 4.92 Å². The Morgan fingerprint density at radius 2 is 1.77 bits per heavy atom. The molecule has 0 radical (unpaired) electrons. The van der Waals surface area contributed by atoms with Gasteiger partial charge in [0.25, 0.3) is 5.69 Å². The molecule has 0 bridgehead atoms. The lowest BCUT2D eigenvalue weighted by molar-refractivity contribution is -0.384. The number of carbonyl (C=O) groups is 1. The summed E-state index contributed by atoms with van der Waals surface area (Å²) in [5.41, 5.74) is 2.49. The average Bonchev–Trinajstić information content (AvgIpc) is 2.77. The average molecular weight is 402 g/mol. The van der Waals surface area contributed by atoms with Crippen molar-refractivity contribution in [3.05, 3.63) is 106 Å². The van der Waals surface area contributed by atoms with Gasteiger partial charge in [0.05, 0.1) is 11.5 Å². The van der Waals surface area contributed by atoms with Gasteiger partial charge in [0.15, 0.2) is 0 Å². The van der Waals surface area contributed by atoms with Crippen molar-refractivity contribution in [1.29, 1.82) is 0 Å². The number of nitro benzene ring substituents is 1. The van der Waals surface area contributed by atoms with E-state index >= 15 is 0 Å². The van der Waals surface area contributed by atoms with E-state index in [0.29, 0.717) is 17.9 Å². The summed E-state index contributed by atoms with van der Waals surface area (Å²) in [6.45, 7) is 0.618. The molecule has 1 amide bonds. The molecule has 3 aromatic rings. The number of amides is 1. The SMILES string of the molecule is O=C(/C=C/c1cccc([N+](=O)[O-])c1)Nc1ccc(OCCCc2ccccc2)cc1. The number of nitro groups is 1. The van der Waals surface area contributed by atoms with Crippen LogP contribution in [0, 0.1) is 10.1 Å². The summed E-state index contributed by atoms with van der Waals surface area (Å²) in [5.74, 6) is 0.422. The van der Waals surface area contributed by atoms with E-state index in [0.717, 1.165) is 18.6 Å². The number of non-ortho nitro benzene ring substituents is 1. The summed E-state index contributed by atoms with van der Waals surface area (Å²) in [6, 6.07) is 23.5. The number of rotatable bonds is 9. The van der Waals surface area contributed by atoms with Gasteiger partial charge in [-0.05, 0) is 54.3 Å². The molecular weight excluding hydrogens is 380 g/mol. The lowest BCUT2D eigenvalue weighted by atomic mass is 10.1. The second kappa shape index (κ2) is 10.6. The summed E-state index contributed by atoms with van der Waals surface area (Å²) in [4.78, 5) is 22.4. The van der Waals surface area contributed by atoms with E-state index in [2.05, 4.69) is 17.4 Å². The summed E-state index contributed by atoms with van der Waals surface area (Å²) >= 11 is 0. The van der Waals surface area contributed by atoms with E-state index in [9.17, 15) is 14.9 Å². The molecule has 1 N–H and O–H groups in total. The minimum Gasteiger partial charge on any atom is -0.494 e. The monoisotopic (exact) mass is 402 g/mol. The molecule has 0 aromatic heterocycles. The molecule has 0 spiro atoms. The summed E-state index contributed by atoms with van der Waals surface area (Å²) in [5, 5.41) is 13.6. The van der Waals surface area contributed by atoms with Gasteiger partial charge in [0, 0.05) is 23.9 Å². The zero-order valence-corrected chi connectivity index (χ0v) is 16.4. The highest BCUT2D eigenvalue weighted by molar-refractivity contribution is 6.01. The number of nitrogens with zero attached hydrogens (tertiary/aromatic N) is 1. The fraction of sp³-hybridized carbons (Fsp3) is 0.125. The number of ether oxygens (including phenoxy) is 1. The Morgan fingerprint density at radius 1 is 1.00 bits per heavy atom. The van der Waals surface area contributed by atoms with Gasteiger partial charge in [-0.15, -0.1) is 0 Å². The first-order chi connectivity index (χ1) is 14.6. The molecule has 0 aliphatic rings. The first-order valence-corrected chi connectivity index (χ1v) is 9.60. The smallest absolute Gasteiger partial charge is 0.270 e. The van der Waals surface area contributed by atoms with Gasteiger partial charge in [-0.1, -0.05) is 42.5 Å². The molecule has 0 heterocycles. The maximum atomic E-state index is 12.1. The zero-order valence-electron chi connectivity index (χ0n) is 16.4. The molecule has 0 atom stereocenters. The Bertz CT molecular complexity index is 1010. The van der Waals surface area contributed by atoms with Crippen molar-refractivity contribution >= 4 is 23.4 Å². The largest absolute Gasteiger partial charge is 0.494 e. The molecule has 6 nitrogen and oxygen atoms in total. The second-order valence-corrected chi connectivity index (χ2v) is 6.64. The van der Waals surface area contributed by atoms with Crippen LogP contribution in [0.1, 0.15) is 17.5 Å². The summed E-state index contributed by atoms with van der Waals surface area (Å²) in [6.07, 6.45) is 4.76. The predicted molar refractivity (Wildman–Crippen MR) is 117 cm³/mol. The van der Waals surface area contributed by atoms with Crippen LogP contribution in [0.3, 0.4) is 0 Å². The normalized spacial score (nSPS) is 10.7. The molecule has 3 rings (SSSR count). The van der Waals surface area contributed by atoms with E-state index in [4.69, 9.17) is 4.74 Å². The van der Waals surface area contributed by atoms with E-state index in [1.807, 2.05) is 30.3 Å². The Balaban J connectivity index is 1.45. The number of hydrogen-bond acceptors (Lipinski definition) is 4. The lowest BCUT2D eigenvalue weighted by Crippen LogP contribution is -2.07. The first-order valence-electron chi connectivity index (χ1n) is 9.60. The Hall–Kier alpha value is -3.93. The van der Waals surface area contributed by atoms with Crippen LogP contribution >= 0.6 is 0 Å². The summed E-state index contributed by atoms with van der Waals surface area (Å²) in [7, 11) is 0. The van der Waals surface area contributed by atoms with E-state index in [1.54, 1.807) is 24.3 Å². The van der Waals surface area contributed by atoms with Gasteiger partial charge in [-0.3, -0.25) is 14.9 Å². The number of nitrogens with one attached hydrogen (secondary N) is 1. The van der Waals surface area contributed by atoms with Crippen LogP contribution in [0.2, 0.25) is 0 Å². The fourth-order valence-corrected chi connectivity index (χ4v) is 2.84. The van der Waals surface area contributed by atoms with Gasteiger partial charge in [-0.2, -0.15) is 0 Å². The number of aryl methyl sites for hydroxylation is 1. The van der Waals surface area contributed by atoms with Gasteiger partial charge in [0.2, 0.25) is 5.91 Å². The van der Waals surface area contributed by atoms with Crippen molar-refractivity contribution in [2.24, 2.45) is 0 Å². The van der Waals surface area contributed by atoms with Crippen LogP contribution in [0.4, 0.5) is 11.4 Å². The molecule has 0 aliphatic heterocycles. The van der Waals surface area contributed by atoms with Gasteiger partial charge < -0.3 is 10.1 Å². The molecule has 6 heteroatoms. The molecule has 0 aliphatic carbocycles. The molecule has 0 saturated carbocycles. The van der Waals surface area contributed by atoms with Crippen LogP contribution in [0.25, 0.3) is 6.08 Å². The standard InChI is InChI=1S/C24H22N2O4/c27-24(16-11-20-8-4-10-22(18-20)26(28)29)25-21-12-14-23(15-13-21)30-17-5-9-19-6-2-1-3-7-19/h1-4,6-8,10-16,18H,5,9,17H2,(H,25,27)/b16-11+. The fourth-order valence-electron chi connectivity index (χ4n) is 2.84. The van der Waals surface area contributed by atoms with Crippen LogP contribution in [0.15, 0.2) is 84.9 Å². The molecule has 3 aromatic carbocycles. The highest BCUT2D eigenvalue weighted by atomic mass is 16.6.